The molecule has 6 nitrogen and oxygen atoms in total. The summed E-state index contributed by atoms with van der Waals surface area (Å²) in [5, 5.41) is 8.49. The van der Waals surface area contributed by atoms with Gasteiger partial charge < -0.3 is 4.90 Å². The molecule has 7 heteroatoms. The topological polar surface area (TPSA) is 78.1 Å². The highest BCUT2D eigenvalue weighted by Gasteiger charge is 2.23. The van der Waals surface area contributed by atoms with Crippen molar-refractivity contribution in [3.8, 4) is 0 Å². The number of sulfonamides is 1. The number of rotatable bonds is 6. The lowest BCUT2D eigenvalue weighted by Crippen LogP contribution is -2.21. The average Bonchev–Trinajstić information content (AvgIpc) is 3.52. The van der Waals surface area contributed by atoms with Crippen molar-refractivity contribution in [2.24, 2.45) is 0 Å². The quantitative estimate of drug-likeness (QED) is 0.320. The van der Waals surface area contributed by atoms with Crippen LogP contribution in [0.25, 0.3) is 23.1 Å². The van der Waals surface area contributed by atoms with Crippen molar-refractivity contribution in [2.75, 3.05) is 22.7 Å². The summed E-state index contributed by atoms with van der Waals surface area (Å²) in [6.07, 6.45) is 6.14. The number of hydrogen-bond donors (Lipinski definition) is 2. The van der Waals surface area contributed by atoms with Gasteiger partial charge in [0, 0.05) is 18.5 Å². The molecular weight excluding hydrogens is 468 g/mol. The Kier molecular flexibility index (Phi) is 6.35. The summed E-state index contributed by atoms with van der Waals surface area (Å²) in [5.41, 5.74) is 5.20. The van der Waals surface area contributed by atoms with Crippen molar-refractivity contribution in [3.05, 3.63) is 83.6 Å². The Bertz CT molecular complexity index is 1490. The van der Waals surface area contributed by atoms with E-state index in [1.54, 1.807) is 12.1 Å². The fourth-order valence-electron chi connectivity index (χ4n) is 4.58. The predicted octanol–water partition coefficient (Wildman–Crippen LogP) is 6.43. The molecule has 186 valence electrons. The molecule has 4 aromatic rings. The van der Waals surface area contributed by atoms with E-state index in [1.165, 1.54) is 0 Å². The zero-order valence-corrected chi connectivity index (χ0v) is 21.8. The van der Waals surface area contributed by atoms with Gasteiger partial charge in [-0.25, -0.2) is 8.42 Å². The van der Waals surface area contributed by atoms with E-state index >= 15 is 0 Å². The molecule has 2 heterocycles. The molecule has 1 saturated heterocycles. The molecule has 3 aromatic carbocycles. The molecule has 5 rings (SSSR count). The van der Waals surface area contributed by atoms with Crippen LogP contribution in [0.15, 0.2) is 71.6 Å². The number of fused-ring (bicyclic) bond motifs is 1. The first kappa shape index (κ1) is 24.1. The van der Waals surface area contributed by atoms with Crippen molar-refractivity contribution in [1.29, 1.82) is 0 Å². The summed E-state index contributed by atoms with van der Waals surface area (Å²) in [6, 6.07) is 21.1. The summed E-state index contributed by atoms with van der Waals surface area (Å²) in [4.78, 5) is 2.49. The van der Waals surface area contributed by atoms with Crippen LogP contribution in [0, 0.1) is 0 Å². The van der Waals surface area contributed by atoms with Crippen molar-refractivity contribution in [2.45, 2.75) is 43.9 Å². The number of benzene rings is 3. The predicted molar refractivity (Wildman–Crippen MR) is 149 cm³/mol. The van der Waals surface area contributed by atoms with Gasteiger partial charge in [-0.15, -0.1) is 0 Å². The molecule has 0 radical (unpaired) electrons. The van der Waals surface area contributed by atoms with Gasteiger partial charge in [-0.3, -0.25) is 9.82 Å². The van der Waals surface area contributed by atoms with Crippen molar-refractivity contribution >= 4 is 44.5 Å². The van der Waals surface area contributed by atoms with Gasteiger partial charge >= 0.3 is 0 Å². The van der Waals surface area contributed by atoms with Gasteiger partial charge in [-0.05, 0) is 59.7 Å². The molecule has 36 heavy (non-hydrogen) atoms. The third-order valence-corrected chi connectivity index (χ3v) is 8.04. The maximum absolute atomic E-state index is 13.4. The zero-order valence-electron chi connectivity index (χ0n) is 21.0. The van der Waals surface area contributed by atoms with Crippen LogP contribution in [0.1, 0.15) is 50.4 Å². The van der Waals surface area contributed by atoms with Crippen LogP contribution < -0.4 is 9.62 Å². The van der Waals surface area contributed by atoms with Crippen LogP contribution in [0.2, 0.25) is 0 Å². The van der Waals surface area contributed by atoms with E-state index in [4.69, 9.17) is 0 Å². The van der Waals surface area contributed by atoms with Crippen molar-refractivity contribution < 1.29 is 8.42 Å². The monoisotopic (exact) mass is 500 g/mol. The minimum absolute atomic E-state index is 0.0470. The Hall–Kier alpha value is -3.58. The van der Waals surface area contributed by atoms with Gasteiger partial charge in [0.15, 0.2) is 0 Å². The highest BCUT2D eigenvalue weighted by molar-refractivity contribution is 7.92. The Morgan fingerprint density at radius 1 is 0.944 bits per heavy atom. The minimum Gasteiger partial charge on any atom is -0.370 e. The van der Waals surface area contributed by atoms with E-state index in [9.17, 15) is 8.42 Å². The summed E-state index contributed by atoms with van der Waals surface area (Å²) in [6.45, 7) is 8.13. The smallest absolute Gasteiger partial charge is 0.261 e. The van der Waals surface area contributed by atoms with Gasteiger partial charge in [0.1, 0.15) is 0 Å². The molecule has 2 N–H and O–H groups in total. The third-order valence-electron chi connectivity index (χ3n) is 6.66. The first-order chi connectivity index (χ1) is 17.2. The zero-order chi connectivity index (χ0) is 25.3. The minimum atomic E-state index is -3.77. The molecule has 0 amide bonds. The van der Waals surface area contributed by atoms with Crippen LogP contribution in [-0.2, 0) is 15.4 Å². The number of H-pyrrole nitrogens is 1. The largest absolute Gasteiger partial charge is 0.370 e. The molecular formula is C29H32N4O2S. The highest BCUT2D eigenvalue weighted by Crippen LogP contribution is 2.36. The summed E-state index contributed by atoms with van der Waals surface area (Å²) >= 11 is 0. The van der Waals surface area contributed by atoms with Gasteiger partial charge in [0.2, 0.25) is 0 Å². The van der Waals surface area contributed by atoms with Crippen molar-refractivity contribution in [3.63, 3.8) is 0 Å². The van der Waals surface area contributed by atoms with E-state index in [2.05, 4.69) is 40.6 Å². The lowest BCUT2D eigenvalue weighted by Gasteiger charge is -2.23. The Labute approximate surface area is 213 Å². The van der Waals surface area contributed by atoms with Gasteiger partial charge in [-0.1, -0.05) is 69.3 Å². The maximum atomic E-state index is 13.4. The van der Waals surface area contributed by atoms with Gasteiger partial charge in [-0.2, -0.15) is 5.10 Å². The number of nitrogens with zero attached hydrogens (tertiary/aromatic N) is 2. The molecule has 0 spiro atoms. The fraction of sp³-hybridized carbons (Fsp3) is 0.276. The second kappa shape index (κ2) is 9.47. The molecule has 1 aliphatic heterocycles. The number of aromatic nitrogens is 2. The second-order valence-corrected chi connectivity index (χ2v) is 12.0. The molecule has 1 aromatic heterocycles. The van der Waals surface area contributed by atoms with Crippen LogP contribution in [-0.4, -0.2) is 31.7 Å². The Morgan fingerprint density at radius 2 is 1.64 bits per heavy atom. The molecule has 0 bridgehead atoms. The first-order valence-corrected chi connectivity index (χ1v) is 13.8. The van der Waals surface area contributed by atoms with E-state index in [0.29, 0.717) is 5.69 Å². The molecule has 0 saturated carbocycles. The number of nitrogens with one attached hydrogen (secondary N) is 2. The normalized spacial score (nSPS) is 14.7. The fourth-order valence-corrected chi connectivity index (χ4v) is 5.64. The van der Waals surface area contributed by atoms with E-state index < -0.39 is 10.0 Å². The summed E-state index contributed by atoms with van der Waals surface area (Å²) < 4.78 is 29.8. The van der Waals surface area contributed by atoms with E-state index in [0.717, 1.165) is 59.3 Å². The van der Waals surface area contributed by atoms with E-state index in [1.807, 2.05) is 66.7 Å². The maximum Gasteiger partial charge on any atom is 0.261 e. The van der Waals surface area contributed by atoms with E-state index in [-0.39, 0.29) is 10.3 Å². The molecule has 0 atom stereocenters. The number of anilines is 2. The lowest BCUT2D eigenvalue weighted by atomic mass is 9.87. The third kappa shape index (κ3) is 5.02. The van der Waals surface area contributed by atoms with Gasteiger partial charge in [0.05, 0.1) is 27.5 Å². The molecule has 0 unspecified atom stereocenters. The van der Waals surface area contributed by atoms with Crippen LogP contribution in [0.5, 0.6) is 0 Å². The lowest BCUT2D eigenvalue weighted by molar-refractivity contribution is 0.587. The first-order valence-electron chi connectivity index (χ1n) is 12.3. The molecule has 0 aliphatic carbocycles. The number of aromatic amines is 1. The Balaban J connectivity index is 1.53. The van der Waals surface area contributed by atoms with Crippen LogP contribution in [0.3, 0.4) is 0 Å². The average molecular weight is 501 g/mol. The van der Waals surface area contributed by atoms with Crippen LogP contribution >= 0.6 is 0 Å². The van der Waals surface area contributed by atoms with Gasteiger partial charge in [0.25, 0.3) is 10.0 Å². The Morgan fingerprint density at radius 3 is 2.31 bits per heavy atom. The van der Waals surface area contributed by atoms with Crippen molar-refractivity contribution in [1.82, 2.24) is 10.2 Å². The summed E-state index contributed by atoms with van der Waals surface area (Å²) in [7, 11) is -3.77. The van der Waals surface area contributed by atoms with Crippen LogP contribution in [0.4, 0.5) is 11.4 Å². The highest BCUT2D eigenvalue weighted by atomic mass is 32.2. The molecule has 1 fully saturated rings. The second-order valence-electron chi connectivity index (χ2n) is 10.3. The molecule has 1 aliphatic rings. The summed E-state index contributed by atoms with van der Waals surface area (Å²) in [5.74, 6) is 0. The standard InChI is InChI=1S/C29H32N4O2S/c1-29(2,3)22-12-14-23(15-13-22)36(34,35)32-27-19-24-25(16-11-21-9-5-4-6-10-21)30-31-26(24)20-28(27)33-17-7-8-18-33/h4-6,9-16,19-20,32H,7-8,17-18H2,1-3H3,(H,30,31). The number of hydrogen-bond acceptors (Lipinski definition) is 4. The SMILES string of the molecule is CC(C)(C)c1ccc(S(=O)(=O)Nc2cc3c(C=Cc4ccccc4)n[nH]c3cc2N2CCCC2)cc1.